The van der Waals surface area contributed by atoms with E-state index < -0.39 is 0 Å². The molecule has 1 atom stereocenters. The minimum Gasteiger partial charge on any atom is -0.308 e. The molecule has 0 aromatic carbocycles. The van der Waals surface area contributed by atoms with Crippen molar-refractivity contribution in [2.45, 2.75) is 46.6 Å². The van der Waals surface area contributed by atoms with Crippen molar-refractivity contribution in [2.75, 3.05) is 6.54 Å². The summed E-state index contributed by atoms with van der Waals surface area (Å²) < 4.78 is 0. The van der Waals surface area contributed by atoms with Crippen molar-refractivity contribution in [1.29, 1.82) is 0 Å². The Labute approximate surface area is 97.1 Å². The van der Waals surface area contributed by atoms with Crippen molar-refractivity contribution < 1.29 is 0 Å². The van der Waals surface area contributed by atoms with E-state index in [0.29, 0.717) is 6.04 Å². The molecule has 0 amide bonds. The third-order valence-electron chi connectivity index (χ3n) is 2.88. The van der Waals surface area contributed by atoms with Gasteiger partial charge in [-0.25, -0.2) is 4.98 Å². The van der Waals surface area contributed by atoms with Crippen LogP contribution in [0.5, 0.6) is 0 Å². The highest BCUT2D eigenvalue weighted by molar-refractivity contribution is 7.11. The van der Waals surface area contributed by atoms with Gasteiger partial charge in [0.1, 0.15) is 5.01 Å². The van der Waals surface area contributed by atoms with Crippen LogP contribution in [0.15, 0.2) is 6.20 Å². The molecule has 0 saturated heterocycles. The number of thiazole rings is 1. The van der Waals surface area contributed by atoms with E-state index in [1.807, 2.05) is 6.20 Å². The third-order valence-corrected chi connectivity index (χ3v) is 3.97. The minimum atomic E-state index is 0.393. The van der Waals surface area contributed by atoms with Crippen LogP contribution in [0.4, 0.5) is 0 Å². The van der Waals surface area contributed by atoms with Crippen molar-refractivity contribution >= 4 is 11.3 Å². The van der Waals surface area contributed by atoms with Gasteiger partial charge in [0.05, 0.1) is 6.04 Å². The second-order valence-corrected chi connectivity index (χ2v) is 5.39. The Morgan fingerprint density at radius 1 is 1.40 bits per heavy atom. The summed E-state index contributed by atoms with van der Waals surface area (Å²) >= 11 is 1.79. The van der Waals surface area contributed by atoms with Crippen molar-refractivity contribution in [3.63, 3.8) is 0 Å². The van der Waals surface area contributed by atoms with Gasteiger partial charge >= 0.3 is 0 Å². The number of hydrogen-bond donors (Lipinski definition) is 1. The van der Waals surface area contributed by atoms with Crippen LogP contribution in [0.25, 0.3) is 0 Å². The lowest BCUT2D eigenvalue weighted by Crippen LogP contribution is -2.25. The third kappa shape index (κ3) is 3.92. The summed E-state index contributed by atoms with van der Waals surface area (Å²) in [5.41, 5.74) is 0. The standard InChI is InChI=1S/C12H22N2S/c1-5-11(6-2)8-13-10(4)12-14-7-9(3)15-12/h7,10-11,13H,5-6,8H2,1-4H3. The van der Waals surface area contributed by atoms with E-state index in [1.165, 1.54) is 22.7 Å². The van der Waals surface area contributed by atoms with Crippen molar-refractivity contribution in [2.24, 2.45) is 5.92 Å². The molecule has 15 heavy (non-hydrogen) atoms. The van der Waals surface area contributed by atoms with Gasteiger partial charge in [-0.15, -0.1) is 11.3 Å². The number of nitrogens with zero attached hydrogens (tertiary/aromatic N) is 1. The van der Waals surface area contributed by atoms with Crippen LogP contribution in [0.1, 0.15) is 49.5 Å². The molecule has 1 unspecified atom stereocenters. The van der Waals surface area contributed by atoms with Gasteiger partial charge in [-0.2, -0.15) is 0 Å². The number of hydrogen-bond acceptors (Lipinski definition) is 3. The largest absolute Gasteiger partial charge is 0.308 e. The Bertz CT molecular complexity index is 279. The Hall–Kier alpha value is -0.410. The highest BCUT2D eigenvalue weighted by atomic mass is 32.1. The smallest absolute Gasteiger partial charge is 0.109 e. The van der Waals surface area contributed by atoms with Crippen LogP contribution < -0.4 is 5.32 Å². The Kier molecular flexibility index (Phi) is 5.26. The number of nitrogens with one attached hydrogen (secondary N) is 1. The maximum absolute atomic E-state index is 4.40. The minimum absolute atomic E-state index is 0.393. The maximum Gasteiger partial charge on any atom is 0.109 e. The van der Waals surface area contributed by atoms with E-state index >= 15 is 0 Å². The molecule has 0 bridgehead atoms. The Balaban J connectivity index is 2.39. The first-order chi connectivity index (χ1) is 7.17. The average Bonchev–Trinajstić information content (AvgIpc) is 2.66. The van der Waals surface area contributed by atoms with Gasteiger partial charge < -0.3 is 5.32 Å². The normalized spacial score (nSPS) is 13.4. The summed E-state index contributed by atoms with van der Waals surface area (Å²) in [5, 5.41) is 4.77. The summed E-state index contributed by atoms with van der Waals surface area (Å²) in [6.07, 6.45) is 4.47. The van der Waals surface area contributed by atoms with Crippen molar-refractivity contribution in [1.82, 2.24) is 10.3 Å². The van der Waals surface area contributed by atoms with E-state index in [0.717, 1.165) is 12.5 Å². The summed E-state index contributed by atoms with van der Waals surface area (Å²) in [6, 6.07) is 0.393. The second-order valence-electron chi connectivity index (χ2n) is 4.12. The van der Waals surface area contributed by atoms with Crippen LogP contribution in [-0.4, -0.2) is 11.5 Å². The zero-order valence-electron chi connectivity index (χ0n) is 10.2. The van der Waals surface area contributed by atoms with Gasteiger partial charge in [0.25, 0.3) is 0 Å². The number of rotatable bonds is 6. The molecule has 0 aliphatic carbocycles. The molecule has 1 aromatic heterocycles. The second kappa shape index (κ2) is 6.23. The first kappa shape index (κ1) is 12.7. The van der Waals surface area contributed by atoms with Crippen molar-refractivity contribution in [3.05, 3.63) is 16.1 Å². The lowest BCUT2D eigenvalue weighted by atomic mass is 10.0. The van der Waals surface area contributed by atoms with Crippen LogP contribution in [-0.2, 0) is 0 Å². The summed E-state index contributed by atoms with van der Waals surface area (Å²) in [7, 11) is 0. The molecular weight excluding hydrogens is 204 g/mol. The van der Waals surface area contributed by atoms with Crippen LogP contribution >= 0.6 is 11.3 Å². The first-order valence-electron chi connectivity index (χ1n) is 5.83. The van der Waals surface area contributed by atoms with Gasteiger partial charge in [-0.1, -0.05) is 26.7 Å². The van der Waals surface area contributed by atoms with E-state index in [-0.39, 0.29) is 0 Å². The summed E-state index contributed by atoms with van der Waals surface area (Å²) in [4.78, 5) is 5.69. The fourth-order valence-electron chi connectivity index (χ4n) is 1.58. The molecule has 1 rings (SSSR count). The molecule has 0 spiro atoms. The Morgan fingerprint density at radius 3 is 2.53 bits per heavy atom. The summed E-state index contributed by atoms with van der Waals surface area (Å²) in [5.74, 6) is 0.800. The highest BCUT2D eigenvalue weighted by Gasteiger charge is 2.10. The van der Waals surface area contributed by atoms with E-state index in [2.05, 4.69) is 38.0 Å². The van der Waals surface area contributed by atoms with Crippen LogP contribution in [0, 0.1) is 12.8 Å². The molecule has 0 radical (unpaired) electrons. The predicted octanol–water partition coefficient (Wildman–Crippen LogP) is 3.54. The van der Waals surface area contributed by atoms with E-state index in [1.54, 1.807) is 11.3 Å². The maximum atomic E-state index is 4.40. The molecule has 3 heteroatoms. The predicted molar refractivity (Wildman–Crippen MR) is 67.3 cm³/mol. The van der Waals surface area contributed by atoms with Gasteiger partial charge in [0.15, 0.2) is 0 Å². The fraction of sp³-hybridized carbons (Fsp3) is 0.750. The van der Waals surface area contributed by atoms with Crippen LogP contribution in [0.2, 0.25) is 0 Å². The molecular formula is C12H22N2S. The van der Waals surface area contributed by atoms with Gasteiger partial charge in [-0.05, 0) is 26.3 Å². The zero-order valence-corrected chi connectivity index (χ0v) is 11.0. The molecule has 86 valence electrons. The van der Waals surface area contributed by atoms with Crippen molar-refractivity contribution in [3.8, 4) is 0 Å². The molecule has 1 N–H and O–H groups in total. The summed E-state index contributed by atoms with van der Waals surface area (Å²) in [6.45, 7) is 9.92. The lowest BCUT2D eigenvalue weighted by molar-refractivity contribution is 0.422. The van der Waals surface area contributed by atoms with Crippen LogP contribution in [0.3, 0.4) is 0 Å². The zero-order chi connectivity index (χ0) is 11.3. The number of aryl methyl sites for hydroxylation is 1. The topological polar surface area (TPSA) is 24.9 Å². The van der Waals surface area contributed by atoms with Gasteiger partial charge in [0.2, 0.25) is 0 Å². The van der Waals surface area contributed by atoms with Gasteiger partial charge in [0, 0.05) is 11.1 Å². The first-order valence-corrected chi connectivity index (χ1v) is 6.64. The molecule has 0 saturated carbocycles. The van der Waals surface area contributed by atoms with Gasteiger partial charge in [-0.3, -0.25) is 0 Å². The molecule has 0 aliphatic rings. The Morgan fingerprint density at radius 2 is 2.07 bits per heavy atom. The van der Waals surface area contributed by atoms with E-state index in [4.69, 9.17) is 0 Å². The SMILES string of the molecule is CCC(CC)CNC(C)c1ncc(C)s1. The molecule has 0 aliphatic heterocycles. The molecule has 1 heterocycles. The van der Waals surface area contributed by atoms with E-state index in [9.17, 15) is 0 Å². The monoisotopic (exact) mass is 226 g/mol. The average molecular weight is 226 g/mol. The quantitative estimate of drug-likeness (QED) is 0.802. The lowest BCUT2D eigenvalue weighted by Gasteiger charge is -2.16. The molecule has 0 fully saturated rings. The number of aromatic nitrogens is 1. The molecule has 1 aromatic rings. The fourth-order valence-corrected chi connectivity index (χ4v) is 2.38. The molecule has 2 nitrogen and oxygen atoms in total. The highest BCUT2D eigenvalue weighted by Crippen LogP contribution is 2.19.